The van der Waals surface area contributed by atoms with Crippen molar-refractivity contribution in [1.82, 2.24) is 19.9 Å². The van der Waals surface area contributed by atoms with Crippen LogP contribution in [0.1, 0.15) is 6.92 Å². The van der Waals surface area contributed by atoms with E-state index in [1.165, 1.54) is 12.3 Å². The molecule has 0 amide bonds. The van der Waals surface area contributed by atoms with Crippen LogP contribution in [0.25, 0.3) is 22.4 Å². The van der Waals surface area contributed by atoms with Gasteiger partial charge >= 0.3 is 0 Å². The summed E-state index contributed by atoms with van der Waals surface area (Å²) < 4.78 is 33.0. The molecule has 0 aliphatic carbocycles. The van der Waals surface area contributed by atoms with Gasteiger partial charge in [0.15, 0.2) is 11.2 Å². The Morgan fingerprint density at radius 1 is 1.14 bits per heavy atom. The van der Waals surface area contributed by atoms with E-state index in [1.807, 2.05) is 0 Å². The number of rotatable bonds is 3. The largest absolute Gasteiger partial charge is 0.476 e. The fourth-order valence-electron chi connectivity index (χ4n) is 2.00. The van der Waals surface area contributed by atoms with Gasteiger partial charge in [0.05, 0.1) is 24.1 Å². The third-order valence-electron chi connectivity index (χ3n) is 2.89. The molecule has 0 aliphatic rings. The zero-order valence-corrected chi connectivity index (χ0v) is 11.5. The average Bonchev–Trinajstić information content (AvgIpc) is 2.47. The number of benzene rings is 1. The SMILES string of the molecule is CCOc1nc(N)nc2ncc(-c3c(F)cccc3F)nc12. The zero-order valence-electron chi connectivity index (χ0n) is 11.5. The van der Waals surface area contributed by atoms with Crippen LogP contribution in [0.15, 0.2) is 24.4 Å². The molecule has 2 N–H and O–H groups in total. The molecule has 0 radical (unpaired) electrons. The van der Waals surface area contributed by atoms with Gasteiger partial charge in [0.2, 0.25) is 11.8 Å². The maximum atomic E-state index is 13.9. The summed E-state index contributed by atoms with van der Waals surface area (Å²) in [7, 11) is 0. The maximum Gasteiger partial charge on any atom is 0.247 e. The van der Waals surface area contributed by atoms with Crippen molar-refractivity contribution in [1.29, 1.82) is 0 Å². The Morgan fingerprint density at radius 3 is 2.55 bits per heavy atom. The monoisotopic (exact) mass is 303 g/mol. The first-order chi connectivity index (χ1) is 10.6. The summed E-state index contributed by atoms with van der Waals surface area (Å²) in [5, 5.41) is 0. The van der Waals surface area contributed by atoms with Crippen molar-refractivity contribution in [3.8, 4) is 17.1 Å². The highest BCUT2D eigenvalue weighted by molar-refractivity contribution is 5.79. The molecule has 0 atom stereocenters. The Morgan fingerprint density at radius 2 is 1.86 bits per heavy atom. The van der Waals surface area contributed by atoms with Gasteiger partial charge in [-0.05, 0) is 19.1 Å². The summed E-state index contributed by atoms with van der Waals surface area (Å²) in [6.07, 6.45) is 1.23. The van der Waals surface area contributed by atoms with Crippen LogP contribution < -0.4 is 10.5 Å². The normalized spacial score (nSPS) is 10.9. The van der Waals surface area contributed by atoms with Crippen LogP contribution in [0.4, 0.5) is 14.7 Å². The van der Waals surface area contributed by atoms with E-state index >= 15 is 0 Å². The van der Waals surface area contributed by atoms with E-state index in [1.54, 1.807) is 6.92 Å². The first-order valence-corrected chi connectivity index (χ1v) is 6.47. The fraction of sp³-hybridized carbons (Fsp3) is 0.143. The molecule has 0 unspecified atom stereocenters. The number of hydrogen-bond donors (Lipinski definition) is 1. The lowest BCUT2D eigenvalue weighted by Gasteiger charge is -2.08. The molecule has 0 aliphatic heterocycles. The highest BCUT2D eigenvalue weighted by Crippen LogP contribution is 2.27. The predicted molar refractivity (Wildman–Crippen MR) is 76.1 cm³/mol. The Labute approximate surface area is 124 Å². The molecule has 1 aromatic carbocycles. The highest BCUT2D eigenvalue weighted by Gasteiger charge is 2.16. The molecule has 112 valence electrons. The summed E-state index contributed by atoms with van der Waals surface area (Å²) in [5.74, 6) is -1.36. The minimum atomic E-state index is -0.733. The third kappa shape index (κ3) is 2.39. The molecule has 2 heterocycles. The molecule has 0 bridgehead atoms. The zero-order chi connectivity index (χ0) is 15.7. The van der Waals surface area contributed by atoms with E-state index in [-0.39, 0.29) is 34.2 Å². The second kappa shape index (κ2) is 5.47. The van der Waals surface area contributed by atoms with Gasteiger partial charge in [-0.25, -0.2) is 18.7 Å². The number of anilines is 1. The maximum absolute atomic E-state index is 13.9. The molecular weight excluding hydrogens is 292 g/mol. The van der Waals surface area contributed by atoms with Crippen LogP contribution in [0, 0.1) is 11.6 Å². The first kappa shape index (κ1) is 14.1. The van der Waals surface area contributed by atoms with Crippen molar-refractivity contribution >= 4 is 17.1 Å². The van der Waals surface area contributed by atoms with E-state index in [0.717, 1.165) is 12.1 Å². The minimum absolute atomic E-state index is 0.0185. The van der Waals surface area contributed by atoms with Crippen LogP contribution in [-0.2, 0) is 0 Å². The Bertz CT molecular complexity index is 836. The fourth-order valence-corrected chi connectivity index (χ4v) is 2.00. The molecule has 0 saturated carbocycles. The van der Waals surface area contributed by atoms with Crippen molar-refractivity contribution in [3.63, 3.8) is 0 Å². The third-order valence-corrected chi connectivity index (χ3v) is 2.89. The summed E-state index contributed by atoms with van der Waals surface area (Å²) in [5.41, 5.74) is 5.70. The van der Waals surface area contributed by atoms with E-state index in [2.05, 4.69) is 19.9 Å². The minimum Gasteiger partial charge on any atom is -0.476 e. The summed E-state index contributed by atoms with van der Waals surface area (Å²) >= 11 is 0. The predicted octanol–water partition coefficient (Wildman–Crippen LogP) is 2.35. The van der Waals surface area contributed by atoms with Crippen LogP contribution in [-0.4, -0.2) is 26.5 Å². The van der Waals surface area contributed by atoms with Gasteiger partial charge in [-0.15, -0.1) is 0 Å². The lowest BCUT2D eigenvalue weighted by atomic mass is 10.1. The Hall–Kier alpha value is -2.90. The summed E-state index contributed by atoms with van der Waals surface area (Å²) in [6.45, 7) is 2.09. The van der Waals surface area contributed by atoms with Gasteiger partial charge in [-0.1, -0.05) is 6.07 Å². The van der Waals surface area contributed by atoms with Gasteiger partial charge in [0, 0.05) is 0 Å². The van der Waals surface area contributed by atoms with E-state index in [4.69, 9.17) is 10.5 Å². The number of nitrogens with two attached hydrogens (primary N) is 1. The molecule has 3 aromatic rings. The second-order valence-corrected chi connectivity index (χ2v) is 4.34. The molecule has 6 nitrogen and oxygen atoms in total. The number of hydrogen-bond acceptors (Lipinski definition) is 6. The second-order valence-electron chi connectivity index (χ2n) is 4.34. The number of nitrogen functional groups attached to an aromatic ring is 1. The molecule has 0 fully saturated rings. The summed E-state index contributed by atoms with van der Waals surface area (Å²) in [6, 6.07) is 3.57. The van der Waals surface area contributed by atoms with Gasteiger partial charge in [0.1, 0.15) is 11.6 Å². The number of aromatic nitrogens is 4. The molecule has 8 heteroatoms. The number of fused-ring (bicyclic) bond motifs is 1. The smallest absolute Gasteiger partial charge is 0.247 e. The van der Waals surface area contributed by atoms with E-state index in [9.17, 15) is 8.78 Å². The Kier molecular flexibility index (Phi) is 3.50. The van der Waals surface area contributed by atoms with Crippen molar-refractivity contribution in [2.45, 2.75) is 6.92 Å². The molecular formula is C14H11F2N5O. The first-order valence-electron chi connectivity index (χ1n) is 6.47. The van der Waals surface area contributed by atoms with Crippen LogP contribution in [0.3, 0.4) is 0 Å². The van der Waals surface area contributed by atoms with Gasteiger partial charge in [0.25, 0.3) is 0 Å². The number of ether oxygens (including phenoxy) is 1. The molecule has 0 saturated heterocycles. The van der Waals surface area contributed by atoms with E-state index < -0.39 is 11.6 Å². The van der Waals surface area contributed by atoms with Crippen LogP contribution in [0.2, 0.25) is 0 Å². The number of nitrogens with zero attached hydrogens (tertiary/aromatic N) is 4. The van der Waals surface area contributed by atoms with Gasteiger partial charge < -0.3 is 10.5 Å². The van der Waals surface area contributed by atoms with Gasteiger partial charge in [-0.2, -0.15) is 9.97 Å². The molecule has 3 rings (SSSR count). The Balaban J connectivity index is 2.25. The molecule has 2 aromatic heterocycles. The van der Waals surface area contributed by atoms with Crippen molar-refractivity contribution in [2.24, 2.45) is 0 Å². The van der Waals surface area contributed by atoms with E-state index in [0.29, 0.717) is 6.61 Å². The van der Waals surface area contributed by atoms with Crippen LogP contribution in [0.5, 0.6) is 5.88 Å². The number of halogens is 2. The molecule has 22 heavy (non-hydrogen) atoms. The molecule has 0 spiro atoms. The lowest BCUT2D eigenvalue weighted by Crippen LogP contribution is -2.04. The highest BCUT2D eigenvalue weighted by atomic mass is 19.1. The lowest BCUT2D eigenvalue weighted by molar-refractivity contribution is 0.330. The van der Waals surface area contributed by atoms with Crippen LogP contribution >= 0.6 is 0 Å². The van der Waals surface area contributed by atoms with Gasteiger partial charge in [-0.3, -0.25) is 0 Å². The quantitative estimate of drug-likeness (QED) is 0.799. The van der Waals surface area contributed by atoms with Crippen molar-refractivity contribution < 1.29 is 13.5 Å². The topological polar surface area (TPSA) is 86.8 Å². The van der Waals surface area contributed by atoms with Crippen molar-refractivity contribution in [3.05, 3.63) is 36.0 Å². The van der Waals surface area contributed by atoms with Crippen molar-refractivity contribution in [2.75, 3.05) is 12.3 Å². The summed E-state index contributed by atoms with van der Waals surface area (Å²) in [4.78, 5) is 16.1. The standard InChI is InChI=1S/C14H11F2N5O/c1-2-22-13-11-12(20-14(17)21-13)18-6-9(19-11)10-7(15)4-3-5-8(10)16/h3-6H,2H2,1H3,(H2,17,18,20,21). The average molecular weight is 303 g/mol.